The van der Waals surface area contributed by atoms with E-state index in [4.69, 9.17) is 28.9 Å². The molecule has 3 aromatic rings. The predicted octanol–water partition coefficient (Wildman–Crippen LogP) is 5.01. The van der Waals surface area contributed by atoms with E-state index < -0.39 is 5.91 Å². The average Bonchev–Trinajstić information content (AvgIpc) is 2.94. The van der Waals surface area contributed by atoms with Crippen molar-refractivity contribution in [2.45, 2.75) is 13.5 Å². The second-order valence-electron chi connectivity index (χ2n) is 5.76. The number of rotatable bonds is 5. The highest BCUT2D eigenvalue weighted by Gasteiger charge is 2.13. The molecular formula is C19H17Cl2N3O. The molecule has 1 amide bonds. The Kier molecular flexibility index (Phi) is 5.02. The van der Waals surface area contributed by atoms with Gasteiger partial charge in [0.05, 0.1) is 5.56 Å². The molecule has 0 fully saturated rings. The minimum atomic E-state index is -0.445. The van der Waals surface area contributed by atoms with Crippen molar-refractivity contribution >= 4 is 34.8 Å². The van der Waals surface area contributed by atoms with Gasteiger partial charge in [0.15, 0.2) is 0 Å². The number of hydrogen-bond donors (Lipinski definition) is 3. The van der Waals surface area contributed by atoms with E-state index in [1.165, 1.54) is 0 Å². The Balaban J connectivity index is 1.88. The van der Waals surface area contributed by atoms with E-state index in [2.05, 4.69) is 10.3 Å². The Morgan fingerprint density at radius 1 is 1.12 bits per heavy atom. The Labute approximate surface area is 156 Å². The number of carbonyl (C=O) groups excluding carboxylic acids is 1. The average molecular weight is 374 g/mol. The molecule has 1 heterocycles. The number of benzene rings is 2. The second kappa shape index (κ2) is 7.21. The summed E-state index contributed by atoms with van der Waals surface area (Å²) in [5.41, 5.74) is 10.3. The second-order valence-corrected chi connectivity index (χ2v) is 6.64. The number of amides is 1. The first-order chi connectivity index (χ1) is 11.9. The molecule has 6 heteroatoms. The highest BCUT2D eigenvalue weighted by molar-refractivity contribution is 6.34. The lowest BCUT2D eigenvalue weighted by Crippen LogP contribution is -2.10. The number of hydrogen-bond acceptors (Lipinski definition) is 2. The van der Waals surface area contributed by atoms with Crippen molar-refractivity contribution in [3.63, 3.8) is 0 Å². The fraction of sp³-hybridized carbons (Fsp3) is 0.105. The van der Waals surface area contributed by atoms with Gasteiger partial charge in [0.2, 0.25) is 0 Å². The van der Waals surface area contributed by atoms with E-state index in [0.717, 1.165) is 28.2 Å². The number of aromatic nitrogens is 1. The topological polar surface area (TPSA) is 70.9 Å². The molecule has 25 heavy (non-hydrogen) atoms. The molecule has 0 aliphatic carbocycles. The number of carbonyl (C=O) groups is 1. The van der Waals surface area contributed by atoms with E-state index in [-0.39, 0.29) is 0 Å². The zero-order valence-corrected chi connectivity index (χ0v) is 15.1. The summed E-state index contributed by atoms with van der Waals surface area (Å²) in [4.78, 5) is 14.7. The molecule has 0 aliphatic rings. The maximum absolute atomic E-state index is 11.5. The molecule has 0 saturated carbocycles. The molecule has 0 unspecified atom stereocenters. The van der Waals surface area contributed by atoms with E-state index in [0.29, 0.717) is 22.2 Å². The van der Waals surface area contributed by atoms with Crippen LogP contribution in [0.1, 0.15) is 21.6 Å². The Bertz CT molecular complexity index is 914. The van der Waals surface area contributed by atoms with Crippen LogP contribution in [0.15, 0.2) is 48.5 Å². The SMILES string of the molecule is Cc1[nH]c(-c2ccccc2NCc2cc(Cl)cc(Cl)c2)cc1C(N)=O. The minimum Gasteiger partial charge on any atom is -0.380 e. The number of nitrogens with two attached hydrogens (primary N) is 1. The van der Waals surface area contributed by atoms with Crippen LogP contribution in [0, 0.1) is 6.92 Å². The zero-order chi connectivity index (χ0) is 18.0. The van der Waals surface area contributed by atoms with Crippen LogP contribution in [0.25, 0.3) is 11.3 Å². The number of para-hydroxylation sites is 1. The van der Waals surface area contributed by atoms with Gasteiger partial charge in [0, 0.05) is 39.2 Å². The van der Waals surface area contributed by atoms with Crippen molar-refractivity contribution in [1.29, 1.82) is 0 Å². The standard InChI is InChI=1S/C19H17Cl2N3O/c1-11-16(19(22)25)9-18(24-11)15-4-2-3-5-17(15)23-10-12-6-13(20)8-14(21)7-12/h2-9,23-24H,10H2,1H3,(H2,22,25). The van der Waals surface area contributed by atoms with Crippen LogP contribution in [0.4, 0.5) is 5.69 Å². The van der Waals surface area contributed by atoms with E-state index in [1.807, 2.05) is 43.3 Å². The van der Waals surface area contributed by atoms with Crippen molar-refractivity contribution in [3.05, 3.63) is 75.4 Å². The van der Waals surface area contributed by atoms with Gasteiger partial charge in [-0.25, -0.2) is 0 Å². The molecule has 128 valence electrons. The molecule has 0 spiro atoms. The number of primary amides is 1. The molecule has 0 saturated heterocycles. The first-order valence-electron chi connectivity index (χ1n) is 7.71. The maximum Gasteiger partial charge on any atom is 0.250 e. The highest BCUT2D eigenvalue weighted by Crippen LogP contribution is 2.29. The summed E-state index contributed by atoms with van der Waals surface area (Å²) >= 11 is 12.1. The van der Waals surface area contributed by atoms with Crippen molar-refractivity contribution in [2.24, 2.45) is 5.73 Å². The molecule has 4 N–H and O–H groups in total. The Morgan fingerprint density at radius 2 is 1.80 bits per heavy atom. The lowest BCUT2D eigenvalue weighted by molar-refractivity contribution is 0.1000. The van der Waals surface area contributed by atoms with E-state index in [9.17, 15) is 4.79 Å². The van der Waals surface area contributed by atoms with Crippen LogP contribution in [0.5, 0.6) is 0 Å². The summed E-state index contributed by atoms with van der Waals surface area (Å²) in [6, 6.07) is 15.0. The van der Waals surface area contributed by atoms with Crippen molar-refractivity contribution in [2.75, 3.05) is 5.32 Å². The molecular weight excluding hydrogens is 357 g/mol. The number of H-pyrrole nitrogens is 1. The van der Waals surface area contributed by atoms with Crippen LogP contribution in [0.2, 0.25) is 10.0 Å². The van der Waals surface area contributed by atoms with Gasteiger partial charge >= 0.3 is 0 Å². The highest BCUT2D eigenvalue weighted by atomic mass is 35.5. The third kappa shape index (κ3) is 3.98. The van der Waals surface area contributed by atoms with Gasteiger partial charge in [-0.3, -0.25) is 4.79 Å². The van der Waals surface area contributed by atoms with E-state index in [1.54, 1.807) is 12.1 Å². The Hall–Kier alpha value is -2.43. The monoisotopic (exact) mass is 373 g/mol. The van der Waals surface area contributed by atoms with Gasteiger partial charge in [-0.2, -0.15) is 0 Å². The number of halogens is 2. The fourth-order valence-electron chi connectivity index (χ4n) is 2.74. The van der Waals surface area contributed by atoms with Crippen molar-refractivity contribution in [3.8, 4) is 11.3 Å². The van der Waals surface area contributed by atoms with Gasteiger partial charge in [0.25, 0.3) is 5.91 Å². The number of anilines is 1. The third-order valence-corrected chi connectivity index (χ3v) is 4.34. The smallest absolute Gasteiger partial charge is 0.250 e. The number of nitrogens with one attached hydrogen (secondary N) is 2. The summed E-state index contributed by atoms with van der Waals surface area (Å²) in [5.74, 6) is -0.445. The normalized spacial score (nSPS) is 10.7. The molecule has 0 radical (unpaired) electrons. The first kappa shape index (κ1) is 17.4. The molecule has 3 rings (SSSR count). The summed E-state index contributed by atoms with van der Waals surface area (Å²) in [7, 11) is 0. The van der Waals surface area contributed by atoms with Crippen molar-refractivity contribution in [1.82, 2.24) is 4.98 Å². The summed E-state index contributed by atoms with van der Waals surface area (Å²) in [5, 5.41) is 4.59. The van der Waals surface area contributed by atoms with Crippen LogP contribution < -0.4 is 11.1 Å². The zero-order valence-electron chi connectivity index (χ0n) is 13.6. The summed E-state index contributed by atoms with van der Waals surface area (Å²) in [6.45, 7) is 2.40. The fourth-order valence-corrected chi connectivity index (χ4v) is 3.31. The van der Waals surface area contributed by atoms with Gasteiger partial charge in [0.1, 0.15) is 0 Å². The number of aromatic amines is 1. The summed E-state index contributed by atoms with van der Waals surface area (Å²) in [6.07, 6.45) is 0. The summed E-state index contributed by atoms with van der Waals surface area (Å²) < 4.78 is 0. The lowest BCUT2D eigenvalue weighted by Gasteiger charge is -2.12. The minimum absolute atomic E-state index is 0.445. The molecule has 0 aliphatic heterocycles. The molecule has 0 bridgehead atoms. The quantitative estimate of drug-likeness (QED) is 0.588. The molecule has 1 aromatic heterocycles. The maximum atomic E-state index is 11.5. The van der Waals surface area contributed by atoms with Gasteiger partial charge in [-0.15, -0.1) is 0 Å². The third-order valence-electron chi connectivity index (χ3n) is 3.90. The van der Waals surface area contributed by atoms with Crippen LogP contribution in [0.3, 0.4) is 0 Å². The number of aryl methyl sites for hydroxylation is 1. The van der Waals surface area contributed by atoms with Crippen LogP contribution in [-0.4, -0.2) is 10.9 Å². The van der Waals surface area contributed by atoms with Gasteiger partial charge in [-0.05, 0) is 42.8 Å². The lowest BCUT2D eigenvalue weighted by atomic mass is 10.1. The Morgan fingerprint density at radius 3 is 2.44 bits per heavy atom. The molecule has 2 aromatic carbocycles. The van der Waals surface area contributed by atoms with Crippen LogP contribution >= 0.6 is 23.2 Å². The van der Waals surface area contributed by atoms with Crippen molar-refractivity contribution < 1.29 is 4.79 Å². The first-order valence-corrected chi connectivity index (χ1v) is 8.47. The van der Waals surface area contributed by atoms with E-state index >= 15 is 0 Å². The largest absolute Gasteiger partial charge is 0.380 e. The van der Waals surface area contributed by atoms with Gasteiger partial charge in [-0.1, -0.05) is 41.4 Å². The van der Waals surface area contributed by atoms with Gasteiger partial charge < -0.3 is 16.0 Å². The predicted molar refractivity (Wildman–Crippen MR) is 103 cm³/mol. The molecule has 4 nitrogen and oxygen atoms in total. The molecule has 0 atom stereocenters. The van der Waals surface area contributed by atoms with Crippen LogP contribution in [-0.2, 0) is 6.54 Å².